The number of nitrogens with one attached hydrogen (secondary N) is 1. The summed E-state index contributed by atoms with van der Waals surface area (Å²) in [5.74, 6) is 0.229. The lowest BCUT2D eigenvalue weighted by Gasteiger charge is -2.15. The molecule has 0 aliphatic carbocycles. The van der Waals surface area contributed by atoms with E-state index in [0.717, 1.165) is 23.1 Å². The summed E-state index contributed by atoms with van der Waals surface area (Å²) in [6, 6.07) is 14.5. The van der Waals surface area contributed by atoms with Gasteiger partial charge >= 0.3 is 0 Å². The zero-order chi connectivity index (χ0) is 19.2. The van der Waals surface area contributed by atoms with Crippen LogP contribution in [0.3, 0.4) is 0 Å². The van der Waals surface area contributed by atoms with Crippen molar-refractivity contribution in [1.29, 1.82) is 0 Å². The lowest BCUT2D eigenvalue weighted by molar-refractivity contribution is 0.0758. The van der Waals surface area contributed by atoms with Crippen LogP contribution in [0.2, 0.25) is 10.0 Å². The van der Waals surface area contributed by atoms with Gasteiger partial charge in [-0.1, -0.05) is 35.3 Å². The molecular formula is C21H18Cl2N2O2. The highest BCUT2D eigenvalue weighted by atomic mass is 35.5. The van der Waals surface area contributed by atoms with E-state index in [1.54, 1.807) is 36.7 Å². The Labute approximate surface area is 168 Å². The Morgan fingerprint density at radius 3 is 2.59 bits per heavy atom. The molecule has 6 heteroatoms. The molecule has 3 aromatic rings. The van der Waals surface area contributed by atoms with E-state index in [1.165, 1.54) is 0 Å². The zero-order valence-corrected chi connectivity index (χ0v) is 16.2. The second-order valence-electron chi connectivity index (χ2n) is 6.05. The smallest absolute Gasteiger partial charge is 0.284 e. The number of pyridine rings is 1. The average Bonchev–Trinajstić information content (AvgIpc) is 2.68. The molecular weight excluding hydrogens is 383 g/mol. The minimum atomic E-state index is -0.342. The summed E-state index contributed by atoms with van der Waals surface area (Å²) in [5.41, 5.74) is 5.93. The molecule has 0 saturated carbocycles. The van der Waals surface area contributed by atoms with Crippen LogP contribution >= 0.6 is 23.2 Å². The zero-order valence-electron chi connectivity index (χ0n) is 14.7. The fourth-order valence-electron chi connectivity index (χ4n) is 2.74. The van der Waals surface area contributed by atoms with Crippen molar-refractivity contribution in [3.05, 3.63) is 93.2 Å². The molecule has 0 spiro atoms. The van der Waals surface area contributed by atoms with Gasteiger partial charge in [-0.05, 0) is 67.3 Å². The number of benzene rings is 2. The van der Waals surface area contributed by atoms with Crippen LogP contribution in [0.15, 0.2) is 60.9 Å². The van der Waals surface area contributed by atoms with Crippen molar-refractivity contribution in [2.24, 2.45) is 0 Å². The van der Waals surface area contributed by atoms with Gasteiger partial charge in [0.1, 0.15) is 0 Å². The molecule has 0 saturated heterocycles. The van der Waals surface area contributed by atoms with Crippen LogP contribution in [-0.2, 0) is 12.8 Å². The van der Waals surface area contributed by atoms with Gasteiger partial charge in [-0.3, -0.25) is 9.78 Å². The molecule has 1 heterocycles. The van der Waals surface area contributed by atoms with Crippen LogP contribution in [0.5, 0.6) is 5.75 Å². The molecule has 0 aliphatic rings. The molecule has 0 aliphatic heterocycles. The van der Waals surface area contributed by atoms with Gasteiger partial charge in [0, 0.05) is 33.6 Å². The highest BCUT2D eigenvalue weighted by molar-refractivity contribution is 6.31. The van der Waals surface area contributed by atoms with Gasteiger partial charge < -0.3 is 4.84 Å². The van der Waals surface area contributed by atoms with E-state index in [0.29, 0.717) is 27.8 Å². The maximum Gasteiger partial charge on any atom is 0.284 e. The highest BCUT2D eigenvalue weighted by Gasteiger charge is 2.13. The van der Waals surface area contributed by atoms with E-state index in [4.69, 9.17) is 28.0 Å². The SMILES string of the molecule is Cc1c(Cl)ccc(ONC(=O)c2ccncc2)c1CCc1cccc(Cl)c1. The number of hydrogen-bond donors (Lipinski definition) is 1. The predicted molar refractivity (Wildman–Crippen MR) is 107 cm³/mol. The van der Waals surface area contributed by atoms with E-state index in [-0.39, 0.29) is 5.91 Å². The second-order valence-corrected chi connectivity index (χ2v) is 6.89. The fourth-order valence-corrected chi connectivity index (χ4v) is 3.13. The third kappa shape index (κ3) is 5.00. The van der Waals surface area contributed by atoms with Crippen molar-refractivity contribution >= 4 is 29.1 Å². The Morgan fingerprint density at radius 2 is 1.85 bits per heavy atom. The van der Waals surface area contributed by atoms with Gasteiger partial charge in [0.25, 0.3) is 5.91 Å². The van der Waals surface area contributed by atoms with Crippen molar-refractivity contribution in [2.75, 3.05) is 0 Å². The minimum absolute atomic E-state index is 0.342. The van der Waals surface area contributed by atoms with Crippen LogP contribution in [0.1, 0.15) is 27.0 Å². The molecule has 1 aromatic heterocycles. The summed E-state index contributed by atoms with van der Waals surface area (Å²) >= 11 is 12.3. The number of amides is 1. The third-order valence-electron chi connectivity index (χ3n) is 4.24. The number of carbonyl (C=O) groups excluding carboxylic acids is 1. The van der Waals surface area contributed by atoms with E-state index in [2.05, 4.69) is 10.5 Å². The van der Waals surface area contributed by atoms with Gasteiger partial charge in [0.15, 0.2) is 5.75 Å². The lowest BCUT2D eigenvalue weighted by atomic mass is 9.99. The molecule has 1 N–H and O–H groups in total. The Bertz CT molecular complexity index is 946. The Morgan fingerprint density at radius 1 is 1.07 bits per heavy atom. The van der Waals surface area contributed by atoms with Crippen molar-refractivity contribution in [2.45, 2.75) is 19.8 Å². The van der Waals surface area contributed by atoms with Crippen LogP contribution in [0.25, 0.3) is 0 Å². The highest BCUT2D eigenvalue weighted by Crippen LogP contribution is 2.29. The van der Waals surface area contributed by atoms with Crippen molar-refractivity contribution in [3.63, 3.8) is 0 Å². The third-order valence-corrected chi connectivity index (χ3v) is 4.88. The number of aromatic nitrogens is 1. The summed E-state index contributed by atoms with van der Waals surface area (Å²) in [6.45, 7) is 1.94. The summed E-state index contributed by atoms with van der Waals surface area (Å²) < 4.78 is 0. The van der Waals surface area contributed by atoms with E-state index in [1.807, 2.05) is 31.2 Å². The molecule has 4 nitrogen and oxygen atoms in total. The van der Waals surface area contributed by atoms with Crippen molar-refractivity contribution in [1.82, 2.24) is 10.5 Å². The molecule has 0 fully saturated rings. The normalized spacial score (nSPS) is 10.5. The van der Waals surface area contributed by atoms with Crippen molar-refractivity contribution < 1.29 is 9.63 Å². The lowest BCUT2D eigenvalue weighted by Crippen LogP contribution is -2.27. The Hall–Kier alpha value is -2.56. The predicted octanol–water partition coefficient (Wildman–Crippen LogP) is 5.21. The number of carbonyl (C=O) groups is 1. The van der Waals surface area contributed by atoms with E-state index < -0.39 is 0 Å². The summed E-state index contributed by atoms with van der Waals surface area (Å²) in [6.07, 6.45) is 4.58. The quantitative estimate of drug-likeness (QED) is 0.578. The first kappa shape index (κ1) is 19.2. The number of nitrogens with zero attached hydrogens (tertiary/aromatic N) is 1. The van der Waals surface area contributed by atoms with Gasteiger partial charge in [-0.2, -0.15) is 5.48 Å². The monoisotopic (exact) mass is 400 g/mol. The topological polar surface area (TPSA) is 51.2 Å². The molecule has 3 rings (SSSR count). The minimum Gasteiger partial charge on any atom is -0.379 e. The summed E-state index contributed by atoms with van der Waals surface area (Å²) in [4.78, 5) is 21.7. The summed E-state index contributed by atoms with van der Waals surface area (Å²) in [5, 5.41) is 1.36. The maximum absolute atomic E-state index is 12.2. The summed E-state index contributed by atoms with van der Waals surface area (Å²) in [7, 11) is 0. The molecule has 0 atom stereocenters. The number of halogens is 2. The first-order valence-electron chi connectivity index (χ1n) is 8.44. The van der Waals surface area contributed by atoms with Gasteiger partial charge in [-0.25, -0.2) is 0 Å². The number of aryl methyl sites for hydroxylation is 1. The van der Waals surface area contributed by atoms with E-state index >= 15 is 0 Å². The molecule has 0 unspecified atom stereocenters. The average molecular weight is 401 g/mol. The molecule has 2 aromatic carbocycles. The van der Waals surface area contributed by atoms with Crippen molar-refractivity contribution in [3.8, 4) is 5.75 Å². The van der Waals surface area contributed by atoms with Gasteiger partial charge in [-0.15, -0.1) is 0 Å². The van der Waals surface area contributed by atoms with Gasteiger partial charge in [0.05, 0.1) is 0 Å². The van der Waals surface area contributed by atoms with Crippen LogP contribution < -0.4 is 10.3 Å². The number of hydroxylamine groups is 1. The number of rotatable bonds is 6. The Balaban J connectivity index is 1.75. The van der Waals surface area contributed by atoms with E-state index in [9.17, 15) is 4.79 Å². The fraction of sp³-hybridized carbons (Fsp3) is 0.143. The number of hydrogen-bond acceptors (Lipinski definition) is 3. The molecule has 138 valence electrons. The van der Waals surface area contributed by atoms with Gasteiger partial charge in [0.2, 0.25) is 0 Å². The molecule has 0 radical (unpaired) electrons. The first-order chi connectivity index (χ1) is 13.0. The first-order valence-corrected chi connectivity index (χ1v) is 9.20. The molecule has 27 heavy (non-hydrogen) atoms. The van der Waals surface area contributed by atoms with Crippen LogP contribution in [0.4, 0.5) is 0 Å². The van der Waals surface area contributed by atoms with Crippen LogP contribution in [-0.4, -0.2) is 10.9 Å². The maximum atomic E-state index is 12.2. The molecule has 1 amide bonds. The second kappa shape index (κ2) is 8.89. The molecule has 0 bridgehead atoms. The van der Waals surface area contributed by atoms with Crippen LogP contribution in [0, 0.1) is 6.92 Å². The Kier molecular flexibility index (Phi) is 6.32. The standard InChI is InChI=1S/C21H18Cl2N2O2/c1-14-18(6-5-15-3-2-4-17(22)13-15)20(8-7-19(14)23)27-25-21(26)16-9-11-24-12-10-16/h2-4,7-13H,5-6H2,1H3,(H,25,26). The largest absolute Gasteiger partial charge is 0.379 e.